The lowest BCUT2D eigenvalue weighted by atomic mass is 10.1. The Morgan fingerprint density at radius 2 is 1.18 bits per heavy atom. The molecule has 0 aliphatic heterocycles. The highest BCUT2D eigenvalue weighted by atomic mass is 14.9. The van der Waals surface area contributed by atoms with E-state index in [1.54, 1.807) is 0 Å². The molecule has 0 fully saturated rings. The van der Waals surface area contributed by atoms with Crippen LogP contribution in [0.1, 0.15) is 51.4 Å². The molecule has 0 bridgehead atoms. The van der Waals surface area contributed by atoms with Gasteiger partial charge in [0.2, 0.25) is 0 Å². The Hall–Kier alpha value is -0.120. The van der Waals surface area contributed by atoms with Gasteiger partial charge in [0.05, 0.1) is 0 Å². The van der Waals surface area contributed by atoms with E-state index < -0.39 is 0 Å². The van der Waals surface area contributed by atoms with Crippen molar-refractivity contribution in [2.45, 2.75) is 51.4 Å². The second kappa shape index (κ2) is 15.9. The van der Waals surface area contributed by atoms with E-state index in [4.69, 9.17) is 5.73 Å². The normalized spacial score (nSPS) is 10.9. The fraction of sp³-hybridized carbons (Fsp3) is 0.929. The Morgan fingerprint density at radius 1 is 0.647 bits per heavy atom. The van der Waals surface area contributed by atoms with Gasteiger partial charge in [-0.2, -0.15) is 0 Å². The van der Waals surface area contributed by atoms with E-state index in [9.17, 15) is 0 Å². The molecule has 0 aromatic rings. The van der Waals surface area contributed by atoms with Crippen molar-refractivity contribution in [3.05, 3.63) is 6.92 Å². The zero-order valence-electron chi connectivity index (χ0n) is 11.5. The van der Waals surface area contributed by atoms with Gasteiger partial charge in [-0.3, -0.25) is 0 Å². The molecule has 0 aromatic heterocycles. The summed E-state index contributed by atoms with van der Waals surface area (Å²) in [6, 6.07) is 0. The van der Waals surface area contributed by atoms with Crippen LogP contribution in [-0.4, -0.2) is 32.7 Å². The van der Waals surface area contributed by atoms with Crippen LogP contribution < -0.4 is 16.4 Å². The Morgan fingerprint density at radius 3 is 1.82 bits per heavy atom. The Balaban J connectivity index is 2.85. The van der Waals surface area contributed by atoms with Crippen molar-refractivity contribution in [1.29, 1.82) is 0 Å². The van der Waals surface area contributed by atoms with Crippen LogP contribution in [0.2, 0.25) is 0 Å². The predicted molar refractivity (Wildman–Crippen MR) is 77.1 cm³/mol. The molecule has 3 nitrogen and oxygen atoms in total. The maximum absolute atomic E-state index is 5.41. The van der Waals surface area contributed by atoms with Crippen molar-refractivity contribution in [3.63, 3.8) is 0 Å². The maximum Gasteiger partial charge on any atom is -0.00368 e. The average molecular weight is 242 g/mol. The summed E-state index contributed by atoms with van der Waals surface area (Å²) in [5.74, 6) is 0. The summed E-state index contributed by atoms with van der Waals surface area (Å²) in [6.07, 6.45) is 10.1. The van der Waals surface area contributed by atoms with Gasteiger partial charge in [-0.05, 0) is 52.0 Å². The van der Waals surface area contributed by atoms with Crippen molar-refractivity contribution < 1.29 is 0 Å². The van der Waals surface area contributed by atoms with Crippen LogP contribution in [0.25, 0.3) is 0 Å². The van der Waals surface area contributed by atoms with E-state index in [1.165, 1.54) is 45.1 Å². The standard InChI is InChI=1S/C14H32N3/c1-2-3-4-5-6-7-11-16-13-9-14-17-12-8-10-15/h16-17H,1-15H2. The molecule has 3 heteroatoms. The van der Waals surface area contributed by atoms with Crippen molar-refractivity contribution >= 4 is 0 Å². The first-order valence-electron chi connectivity index (χ1n) is 7.32. The van der Waals surface area contributed by atoms with E-state index >= 15 is 0 Å². The summed E-state index contributed by atoms with van der Waals surface area (Å²) in [4.78, 5) is 0. The van der Waals surface area contributed by atoms with Crippen molar-refractivity contribution in [3.8, 4) is 0 Å². The van der Waals surface area contributed by atoms with Crippen LogP contribution in [0.3, 0.4) is 0 Å². The van der Waals surface area contributed by atoms with E-state index in [0.29, 0.717) is 0 Å². The molecule has 0 spiro atoms. The molecule has 0 atom stereocenters. The smallest absolute Gasteiger partial charge is 0.00368 e. The molecule has 0 amide bonds. The number of hydrogen-bond acceptors (Lipinski definition) is 3. The third kappa shape index (κ3) is 15.9. The molecule has 0 aliphatic carbocycles. The van der Waals surface area contributed by atoms with E-state index in [2.05, 4.69) is 17.6 Å². The van der Waals surface area contributed by atoms with Crippen LogP contribution in [0.5, 0.6) is 0 Å². The molecule has 0 unspecified atom stereocenters. The second-order valence-electron chi connectivity index (χ2n) is 4.62. The number of rotatable bonds is 14. The minimum absolute atomic E-state index is 0.791. The number of nitrogens with one attached hydrogen (secondary N) is 2. The zero-order valence-corrected chi connectivity index (χ0v) is 11.5. The highest BCUT2D eigenvalue weighted by Gasteiger charge is 1.91. The monoisotopic (exact) mass is 242 g/mol. The summed E-state index contributed by atoms with van der Waals surface area (Å²) in [5.41, 5.74) is 5.41. The molecule has 4 N–H and O–H groups in total. The molecule has 1 radical (unpaired) electrons. The molecule has 0 rings (SSSR count). The second-order valence-corrected chi connectivity index (χ2v) is 4.62. The lowest BCUT2D eigenvalue weighted by molar-refractivity contribution is 0.552. The number of hydrogen-bond donors (Lipinski definition) is 3. The molecular formula is C14H32N3. The quantitative estimate of drug-likeness (QED) is 0.409. The van der Waals surface area contributed by atoms with Crippen LogP contribution in [0.4, 0.5) is 0 Å². The van der Waals surface area contributed by atoms with Crippen molar-refractivity contribution in [2.75, 3.05) is 32.7 Å². The number of unbranched alkanes of at least 4 members (excludes halogenated alkanes) is 5. The van der Waals surface area contributed by atoms with Crippen LogP contribution in [0.15, 0.2) is 0 Å². The van der Waals surface area contributed by atoms with Gasteiger partial charge in [0, 0.05) is 0 Å². The Bertz CT molecular complexity index is 115. The minimum Gasteiger partial charge on any atom is -0.330 e. The molecular weight excluding hydrogens is 210 g/mol. The fourth-order valence-corrected chi connectivity index (χ4v) is 1.77. The minimum atomic E-state index is 0.791. The summed E-state index contributed by atoms with van der Waals surface area (Å²) in [6.45, 7) is 9.12. The molecule has 17 heavy (non-hydrogen) atoms. The first-order valence-corrected chi connectivity index (χ1v) is 7.32. The molecule has 0 aliphatic rings. The first kappa shape index (κ1) is 16.9. The third-order valence-corrected chi connectivity index (χ3v) is 2.87. The van der Waals surface area contributed by atoms with Crippen molar-refractivity contribution in [2.24, 2.45) is 5.73 Å². The van der Waals surface area contributed by atoms with Gasteiger partial charge in [0.15, 0.2) is 0 Å². The summed E-state index contributed by atoms with van der Waals surface area (Å²) in [7, 11) is 0. The first-order chi connectivity index (χ1) is 8.41. The van der Waals surface area contributed by atoms with E-state index in [1.807, 2.05) is 0 Å². The molecule has 0 saturated carbocycles. The topological polar surface area (TPSA) is 50.1 Å². The summed E-state index contributed by atoms with van der Waals surface area (Å²) >= 11 is 0. The Kier molecular flexibility index (Phi) is 15.8. The fourth-order valence-electron chi connectivity index (χ4n) is 1.77. The number of nitrogens with two attached hydrogens (primary N) is 1. The van der Waals surface area contributed by atoms with Gasteiger partial charge in [0.1, 0.15) is 0 Å². The van der Waals surface area contributed by atoms with Gasteiger partial charge >= 0.3 is 0 Å². The molecule has 0 aromatic carbocycles. The van der Waals surface area contributed by atoms with E-state index in [-0.39, 0.29) is 0 Å². The lowest BCUT2D eigenvalue weighted by Gasteiger charge is -2.06. The van der Waals surface area contributed by atoms with E-state index in [0.717, 1.165) is 39.0 Å². The van der Waals surface area contributed by atoms with Crippen LogP contribution in [0, 0.1) is 6.92 Å². The highest BCUT2D eigenvalue weighted by molar-refractivity contribution is 4.53. The maximum atomic E-state index is 5.41. The largest absolute Gasteiger partial charge is 0.330 e. The summed E-state index contributed by atoms with van der Waals surface area (Å²) < 4.78 is 0. The van der Waals surface area contributed by atoms with Crippen LogP contribution in [-0.2, 0) is 0 Å². The van der Waals surface area contributed by atoms with Gasteiger partial charge in [-0.1, -0.05) is 39.0 Å². The average Bonchev–Trinajstić information content (AvgIpc) is 2.35. The highest BCUT2D eigenvalue weighted by Crippen LogP contribution is 2.03. The third-order valence-electron chi connectivity index (χ3n) is 2.87. The van der Waals surface area contributed by atoms with Gasteiger partial charge < -0.3 is 16.4 Å². The van der Waals surface area contributed by atoms with Gasteiger partial charge in [-0.25, -0.2) is 0 Å². The SMILES string of the molecule is [CH2]CCCCCCCNCCCNCCCN. The molecule has 103 valence electrons. The van der Waals surface area contributed by atoms with Crippen LogP contribution >= 0.6 is 0 Å². The molecule has 0 heterocycles. The van der Waals surface area contributed by atoms with Crippen molar-refractivity contribution in [1.82, 2.24) is 10.6 Å². The summed E-state index contributed by atoms with van der Waals surface area (Å²) in [5, 5.41) is 6.88. The molecule has 0 saturated heterocycles. The lowest BCUT2D eigenvalue weighted by Crippen LogP contribution is -2.24. The zero-order chi connectivity index (χ0) is 12.6. The Labute approximate surface area is 108 Å². The van der Waals surface area contributed by atoms with Gasteiger partial charge in [0.25, 0.3) is 0 Å². The van der Waals surface area contributed by atoms with Gasteiger partial charge in [-0.15, -0.1) is 0 Å². The predicted octanol–water partition coefficient (Wildman–Crippen LogP) is 2.08.